The van der Waals surface area contributed by atoms with E-state index in [0.29, 0.717) is 39.0 Å². The largest absolute Gasteiger partial charge is 1.00 e. The minimum Gasteiger partial charge on any atom is -1.00 e. The molecule has 2 rings (SSSR count). The molecular weight excluding hydrogens is 567 g/mol. The fourth-order valence-electron chi connectivity index (χ4n) is 5.49. The number of hydrogen-bond donors (Lipinski definition) is 8. The van der Waals surface area contributed by atoms with Gasteiger partial charge in [0.2, 0.25) is 11.8 Å². The van der Waals surface area contributed by atoms with Crippen LogP contribution in [0.5, 0.6) is 0 Å². The van der Waals surface area contributed by atoms with Gasteiger partial charge in [0, 0.05) is 39.0 Å². The summed E-state index contributed by atoms with van der Waals surface area (Å²) in [6.07, 6.45) is 11.7. The van der Waals surface area contributed by atoms with Gasteiger partial charge in [-0.1, -0.05) is 19.3 Å². The molecule has 41 heavy (non-hydrogen) atoms. The molecule has 2 fully saturated rings. The van der Waals surface area contributed by atoms with Crippen LogP contribution in [0.15, 0.2) is 0 Å². The molecule has 0 aliphatic carbocycles. The molecule has 0 spiro atoms. The van der Waals surface area contributed by atoms with Gasteiger partial charge in [-0.15, -0.1) is 0 Å². The maximum Gasteiger partial charge on any atom is 0.338 e. The smallest absolute Gasteiger partial charge is 0.338 e. The molecule has 0 radical (unpaired) electrons. The highest BCUT2D eigenvalue weighted by Gasteiger charge is 2.22. The number of halogens is 2. The predicted molar refractivity (Wildman–Crippen MR) is 155 cm³/mol. The summed E-state index contributed by atoms with van der Waals surface area (Å²) in [5.74, 6) is 2.33. The number of piperidine rings is 2. The number of carbonyl (C=O) groups excluding carboxylic acids is 2. The zero-order valence-corrected chi connectivity index (χ0v) is 26.3. The number of carbonyl (C=O) groups is 2. The molecule has 2 heterocycles. The van der Waals surface area contributed by atoms with E-state index in [1.165, 1.54) is 44.9 Å². The van der Waals surface area contributed by atoms with Gasteiger partial charge in [-0.25, -0.2) is 0 Å². The van der Waals surface area contributed by atoms with Crippen LogP contribution in [0.4, 0.5) is 0 Å². The Bertz CT molecular complexity index is 701. The Morgan fingerprint density at radius 3 is 1.34 bits per heavy atom. The second kappa shape index (κ2) is 23.5. The van der Waals surface area contributed by atoms with Crippen LogP contribution in [-0.4, -0.2) is 99.0 Å². The molecule has 12 N–H and O–H groups in total. The third kappa shape index (κ3) is 19.7. The second-order valence-corrected chi connectivity index (χ2v) is 11.2. The van der Waals surface area contributed by atoms with Crippen LogP contribution >= 0.6 is 0 Å². The van der Waals surface area contributed by atoms with Crippen molar-refractivity contribution in [2.75, 3.05) is 65.4 Å². The summed E-state index contributed by atoms with van der Waals surface area (Å²) >= 11 is 0. The number of guanidine groups is 2. The van der Waals surface area contributed by atoms with Crippen molar-refractivity contribution in [3.05, 3.63) is 0 Å². The molecule has 0 aromatic heterocycles. The van der Waals surface area contributed by atoms with Gasteiger partial charge in [-0.05, 0) is 76.5 Å². The zero-order valence-electron chi connectivity index (χ0n) is 24.8. The van der Waals surface area contributed by atoms with Crippen LogP contribution in [-0.2, 0) is 9.59 Å². The Kier molecular flexibility index (Phi) is 22.4. The molecule has 0 atom stereocenters. The third-order valence-corrected chi connectivity index (χ3v) is 7.96. The summed E-state index contributed by atoms with van der Waals surface area (Å²) in [7, 11) is 0. The molecule has 0 bridgehead atoms. The highest BCUT2D eigenvalue weighted by molar-refractivity contribution is 5.76. The number of nitrogens with zero attached hydrogens (tertiary/aromatic N) is 2. The molecule has 240 valence electrons. The lowest BCUT2D eigenvalue weighted by Gasteiger charge is -2.33. The van der Waals surface area contributed by atoms with E-state index in [2.05, 4.69) is 30.4 Å². The van der Waals surface area contributed by atoms with Crippen LogP contribution in [0.25, 0.3) is 0 Å². The van der Waals surface area contributed by atoms with Crippen molar-refractivity contribution in [1.29, 1.82) is 0 Å². The molecule has 14 heteroatoms. The maximum absolute atomic E-state index is 12.1. The Morgan fingerprint density at radius 2 is 1.00 bits per heavy atom. The summed E-state index contributed by atoms with van der Waals surface area (Å²) in [6.45, 7) is 8.75. The lowest BCUT2D eigenvalue weighted by Crippen LogP contribution is -3.00. The summed E-state index contributed by atoms with van der Waals surface area (Å²) in [5.41, 5.74) is 21.4. The quantitative estimate of drug-likeness (QED) is 0.0419. The van der Waals surface area contributed by atoms with Crippen LogP contribution in [0.3, 0.4) is 0 Å². The van der Waals surface area contributed by atoms with E-state index >= 15 is 0 Å². The van der Waals surface area contributed by atoms with Gasteiger partial charge in [0.05, 0.1) is 13.1 Å². The lowest BCUT2D eigenvalue weighted by atomic mass is 9.87. The van der Waals surface area contributed by atoms with Gasteiger partial charge < -0.3 is 45.2 Å². The first kappa shape index (κ1) is 39.0. The zero-order chi connectivity index (χ0) is 28.3. The topological polar surface area (TPSA) is 197 Å². The molecular formula is C27H56Cl2N10O2. The minimum atomic E-state index is 0. The molecule has 12 nitrogen and oxygen atoms in total. The van der Waals surface area contributed by atoms with Crippen LogP contribution in [0.1, 0.15) is 70.6 Å². The number of likely N-dealkylation sites (tertiary alicyclic amines) is 2. The number of hydrogen-bond acceptors (Lipinski definition) is 4. The van der Waals surface area contributed by atoms with Crippen molar-refractivity contribution < 1.29 is 44.4 Å². The van der Waals surface area contributed by atoms with Gasteiger partial charge in [0.25, 0.3) is 0 Å². The van der Waals surface area contributed by atoms with Gasteiger partial charge in [-0.2, -0.15) is 0 Å². The van der Waals surface area contributed by atoms with Crippen molar-refractivity contribution in [1.82, 2.24) is 20.4 Å². The van der Waals surface area contributed by atoms with Gasteiger partial charge in [0.15, 0.2) is 0 Å². The normalized spacial score (nSPS) is 16.6. The summed E-state index contributed by atoms with van der Waals surface area (Å²) in [5, 5.41) is 5.93. The number of nitrogens with one attached hydrogen (secondary N) is 4. The molecule has 2 aliphatic heterocycles. The van der Waals surface area contributed by atoms with Crippen molar-refractivity contribution in [3.63, 3.8) is 0 Å². The summed E-state index contributed by atoms with van der Waals surface area (Å²) < 4.78 is 0. The van der Waals surface area contributed by atoms with E-state index in [0.717, 1.165) is 63.9 Å². The van der Waals surface area contributed by atoms with Gasteiger partial charge in [0.1, 0.15) is 0 Å². The van der Waals surface area contributed by atoms with Crippen LogP contribution in [0.2, 0.25) is 0 Å². The minimum absolute atomic E-state index is 0. The first-order valence-corrected chi connectivity index (χ1v) is 15.0. The molecule has 0 unspecified atom stereocenters. The second-order valence-electron chi connectivity index (χ2n) is 11.2. The van der Waals surface area contributed by atoms with Crippen molar-refractivity contribution >= 4 is 23.7 Å². The Morgan fingerprint density at radius 1 is 0.634 bits per heavy atom. The highest BCUT2D eigenvalue weighted by atomic mass is 35.5. The van der Waals surface area contributed by atoms with E-state index in [1.54, 1.807) is 0 Å². The summed E-state index contributed by atoms with van der Waals surface area (Å²) in [4.78, 5) is 34.7. The molecule has 0 aromatic rings. The molecule has 2 amide bonds. The van der Waals surface area contributed by atoms with E-state index in [9.17, 15) is 9.59 Å². The lowest BCUT2D eigenvalue weighted by molar-refractivity contribution is -0.459. The standard InChI is InChI=1S/C27H54N10O2.2ClH/c28-26(29)34-14-2-12-32-24(38)10-20-36-16-6-22(7-17-36)4-1-5-23-8-18-37(19-9-23)21-11-25(39)33-13-3-15-35-27(30)31;;/h22-23H,1-21H2,(H,32,38)(H,33,39)(H4,28,29,34)(H4,30,31,35);2*1H. The average Bonchev–Trinajstić information content (AvgIpc) is 2.91. The van der Waals surface area contributed by atoms with Crippen LogP contribution < -0.4 is 68.4 Å². The number of nitrogens with two attached hydrogens (primary N) is 4. The fourth-order valence-corrected chi connectivity index (χ4v) is 5.49. The monoisotopic (exact) mass is 622 g/mol. The maximum atomic E-state index is 12.1. The predicted octanol–water partition coefficient (Wildman–Crippen LogP) is -9.91. The summed E-state index contributed by atoms with van der Waals surface area (Å²) in [6, 6.07) is 0. The van der Waals surface area contributed by atoms with Crippen molar-refractivity contribution in [3.8, 4) is 0 Å². The van der Waals surface area contributed by atoms with Gasteiger partial charge >= 0.3 is 11.9 Å². The molecule has 0 saturated carbocycles. The first-order chi connectivity index (χ1) is 18.8. The fraction of sp³-hybridized carbons (Fsp3) is 0.852. The molecule has 2 aliphatic rings. The third-order valence-electron chi connectivity index (χ3n) is 7.96. The average molecular weight is 624 g/mol. The SMILES string of the molecule is NC(N)=[NH+]CCCNC(=O)CCN1CCC(CCCC2CCN(CCC(=O)NCCC[NH+]=C(N)N)CC2)CC1.[Cl-].[Cl-]. The highest BCUT2D eigenvalue weighted by Crippen LogP contribution is 2.27. The van der Waals surface area contributed by atoms with E-state index in [-0.39, 0.29) is 48.5 Å². The van der Waals surface area contributed by atoms with Crippen molar-refractivity contribution in [2.45, 2.75) is 70.6 Å². The Labute approximate surface area is 259 Å². The first-order valence-electron chi connectivity index (χ1n) is 15.0. The Balaban J connectivity index is 0.00000800. The van der Waals surface area contributed by atoms with E-state index < -0.39 is 0 Å². The van der Waals surface area contributed by atoms with Crippen LogP contribution in [0, 0.1) is 11.8 Å². The van der Waals surface area contributed by atoms with Gasteiger partial charge in [-0.3, -0.25) is 42.5 Å². The van der Waals surface area contributed by atoms with Crippen molar-refractivity contribution in [2.24, 2.45) is 34.8 Å². The number of rotatable bonds is 18. The number of amides is 2. The molecule has 0 aromatic carbocycles. The van der Waals surface area contributed by atoms with E-state index in [1.807, 2.05) is 0 Å². The van der Waals surface area contributed by atoms with E-state index in [4.69, 9.17) is 22.9 Å². The molecule has 2 saturated heterocycles. The Hall–Kier alpha value is -2.02.